The Bertz CT molecular complexity index is 271. The van der Waals surface area contributed by atoms with Crippen molar-refractivity contribution in [1.29, 1.82) is 0 Å². The molecule has 12 heavy (non-hydrogen) atoms. The highest BCUT2D eigenvalue weighted by atomic mass is 32.1. The second-order valence-corrected chi connectivity index (χ2v) is 3.39. The van der Waals surface area contributed by atoms with Gasteiger partial charge in [-0.15, -0.1) is 0 Å². The van der Waals surface area contributed by atoms with Crippen molar-refractivity contribution in [1.82, 2.24) is 0 Å². The van der Waals surface area contributed by atoms with Crippen LogP contribution < -0.4 is 4.90 Å². The molecule has 0 aromatic heterocycles. The van der Waals surface area contributed by atoms with Crippen molar-refractivity contribution in [3.63, 3.8) is 0 Å². The fraction of sp³-hybridized carbons (Fsp3) is 0.400. The van der Waals surface area contributed by atoms with Crippen LogP contribution in [0.4, 0.5) is 5.69 Å². The topological polar surface area (TPSA) is 3.24 Å². The fourth-order valence-electron chi connectivity index (χ4n) is 1.04. The van der Waals surface area contributed by atoms with Gasteiger partial charge in [-0.25, -0.2) is 0 Å². The van der Waals surface area contributed by atoms with Crippen LogP contribution in [0.3, 0.4) is 0 Å². The Morgan fingerprint density at radius 2 is 1.92 bits per heavy atom. The van der Waals surface area contributed by atoms with Crippen molar-refractivity contribution in [3.8, 4) is 0 Å². The zero-order valence-electron chi connectivity index (χ0n) is 7.83. The summed E-state index contributed by atoms with van der Waals surface area (Å²) in [5.41, 5.74) is 3.90. The molecule has 2 heteroatoms. The summed E-state index contributed by atoms with van der Waals surface area (Å²) in [7, 11) is 2.04. The first-order valence-electron chi connectivity index (χ1n) is 4.04. The van der Waals surface area contributed by atoms with Gasteiger partial charge in [-0.2, -0.15) is 12.6 Å². The van der Waals surface area contributed by atoms with Crippen molar-refractivity contribution in [2.24, 2.45) is 0 Å². The van der Waals surface area contributed by atoms with E-state index in [-0.39, 0.29) is 0 Å². The molecule has 1 nitrogen and oxygen atoms in total. The van der Waals surface area contributed by atoms with Crippen molar-refractivity contribution in [3.05, 3.63) is 29.3 Å². The number of anilines is 1. The fourth-order valence-corrected chi connectivity index (χ4v) is 1.21. The monoisotopic (exact) mass is 181 g/mol. The zero-order chi connectivity index (χ0) is 9.14. The summed E-state index contributed by atoms with van der Waals surface area (Å²) in [6.07, 6.45) is 0. The molecule has 0 aliphatic rings. The third-order valence-electron chi connectivity index (χ3n) is 2.14. The highest BCUT2D eigenvalue weighted by Crippen LogP contribution is 2.17. The van der Waals surface area contributed by atoms with Gasteiger partial charge in [0.05, 0.1) is 5.88 Å². The number of hydrogen-bond donors (Lipinski definition) is 1. The SMILES string of the molecule is Cc1ccc(N(C)CS)cc1C. The van der Waals surface area contributed by atoms with Gasteiger partial charge in [0.2, 0.25) is 0 Å². The molecule has 1 aromatic rings. The molecule has 0 aliphatic carbocycles. The summed E-state index contributed by atoms with van der Waals surface area (Å²) in [5.74, 6) is 0.752. The normalized spacial score (nSPS) is 10.0. The zero-order valence-corrected chi connectivity index (χ0v) is 8.73. The summed E-state index contributed by atoms with van der Waals surface area (Å²) in [5, 5.41) is 0. The molecule has 0 amide bonds. The van der Waals surface area contributed by atoms with Crippen LogP contribution >= 0.6 is 12.6 Å². The first-order chi connectivity index (χ1) is 5.65. The predicted molar refractivity (Wildman–Crippen MR) is 58.2 cm³/mol. The Labute approximate surface area is 79.8 Å². The van der Waals surface area contributed by atoms with Gasteiger partial charge in [0, 0.05) is 12.7 Å². The van der Waals surface area contributed by atoms with Crippen LogP contribution in [0.1, 0.15) is 11.1 Å². The van der Waals surface area contributed by atoms with Gasteiger partial charge in [-0.3, -0.25) is 0 Å². The van der Waals surface area contributed by atoms with Gasteiger partial charge >= 0.3 is 0 Å². The molecule has 1 aromatic carbocycles. The molecule has 0 heterocycles. The molecule has 0 saturated carbocycles. The summed E-state index contributed by atoms with van der Waals surface area (Å²) >= 11 is 4.21. The Kier molecular flexibility index (Phi) is 3.04. The van der Waals surface area contributed by atoms with Gasteiger partial charge in [0.15, 0.2) is 0 Å². The molecule has 0 unspecified atom stereocenters. The Morgan fingerprint density at radius 3 is 2.42 bits per heavy atom. The van der Waals surface area contributed by atoms with E-state index >= 15 is 0 Å². The maximum absolute atomic E-state index is 4.21. The minimum Gasteiger partial charge on any atom is -0.366 e. The lowest BCUT2D eigenvalue weighted by Crippen LogP contribution is -2.14. The third-order valence-corrected chi connectivity index (χ3v) is 2.57. The second kappa shape index (κ2) is 3.85. The molecule has 0 bridgehead atoms. The van der Waals surface area contributed by atoms with Gasteiger partial charge in [-0.05, 0) is 37.1 Å². The molecule has 0 N–H and O–H groups in total. The average molecular weight is 181 g/mol. The molecule has 1 rings (SSSR count). The Hall–Kier alpha value is -0.630. The minimum absolute atomic E-state index is 0.752. The van der Waals surface area contributed by atoms with Crippen LogP contribution in [0, 0.1) is 13.8 Å². The first-order valence-corrected chi connectivity index (χ1v) is 4.67. The van der Waals surface area contributed by atoms with Crippen LogP contribution in [0.5, 0.6) is 0 Å². The summed E-state index contributed by atoms with van der Waals surface area (Å²) in [6.45, 7) is 4.25. The van der Waals surface area contributed by atoms with Crippen LogP contribution in [0.15, 0.2) is 18.2 Å². The standard InChI is InChI=1S/C10H15NS/c1-8-4-5-10(6-9(8)2)11(3)7-12/h4-6,12H,7H2,1-3H3. The van der Waals surface area contributed by atoms with Gasteiger partial charge < -0.3 is 4.90 Å². The predicted octanol–water partition coefficient (Wildman–Crippen LogP) is 2.63. The van der Waals surface area contributed by atoms with E-state index in [1.165, 1.54) is 16.8 Å². The molecule has 66 valence electrons. The van der Waals surface area contributed by atoms with Gasteiger partial charge in [0.1, 0.15) is 0 Å². The minimum atomic E-state index is 0.752. The highest BCUT2D eigenvalue weighted by Gasteiger charge is 1.99. The number of aryl methyl sites for hydroxylation is 2. The third kappa shape index (κ3) is 1.95. The van der Waals surface area contributed by atoms with Crippen LogP contribution in [0.2, 0.25) is 0 Å². The molecule has 0 spiro atoms. The van der Waals surface area contributed by atoms with E-state index in [1.807, 2.05) is 7.05 Å². The largest absolute Gasteiger partial charge is 0.366 e. The van der Waals surface area contributed by atoms with E-state index in [0.717, 1.165) is 5.88 Å². The lowest BCUT2D eigenvalue weighted by atomic mass is 10.1. The molecular formula is C10H15NS. The molecule has 0 saturated heterocycles. The maximum atomic E-state index is 4.21. The number of nitrogens with zero attached hydrogens (tertiary/aromatic N) is 1. The van der Waals surface area contributed by atoms with E-state index in [9.17, 15) is 0 Å². The van der Waals surface area contributed by atoms with Crippen LogP contribution in [0.25, 0.3) is 0 Å². The molecule has 0 aliphatic heterocycles. The van der Waals surface area contributed by atoms with Crippen molar-refractivity contribution in [2.45, 2.75) is 13.8 Å². The average Bonchev–Trinajstić information content (AvgIpc) is 2.08. The lowest BCUT2D eigenvalue weighted by molar-refractivity contribution is 1.09. The van der Waals surface area contributed by atoms with Gasteiger partial charge in [0.25, 0.3) is 0 Å². The van der Waals surface area contributed by atoms with E-state index in [0.29, 0.717) is 0 Å². The van der Waals surface area contributed by atoms with E-state index in [4.69, 9.17) is 0 Å². The highest BCUT2D eigenvalue weighted by molar-refractivity contribution is 7.80. The van der Waals surface area contributed by atoms with Crippen molar-refractivity contribution in [2.75, 3.05) is 17.8 Å². The molecular weight excluding hydrogens is 166 g/mol. The van der Waals surface area contributed by atoms with Crippen LogP contribution in [-0.4, -0.2) is 12.9 Å². The first kappa shape index (κ1) is 9.46. The Balaban J connectivity index is 2.96. The number of benzene rings is 1. The Morgan fingerprint density at radius 1 is 1.25 bits per heavy atom. The number of thiol groups is 1. The lowest BCUT2D eigenvalue weighted by Gasteiger charge is -2.17. The molecule has 0 atom stereocenters. The van der Waals surface area contributed by atoms with Crippen molar-refractivity contribution < 1.29 is 0 Å². The second-order valence-electron chi connectivity index (χ2n) is 3.11. The number of hydrogen-bond acceptors (Lipinski definition) is 2. The van der Waals surface area contributed by atoms with Crippen molar-refractivity contribution >= 4 is 18.3 Å². The number of rotatable bonds is 2. The molecule has 0 radical (unpaired) electrons. The quantitative estimate of drug-likeness (QED) is 0.542. The smallest absolute Gasteiger partial charge is 0.0606 e. The molecule has 0 fully saturated rings. The van der Waals surface area contributed by atoms with E-state index in [1.54, 1.807) is 0 Å². The van der Waals surface area contributed by atoms with Gasteiger partial charge in [-0.1, -0.05) is 6.07 Å². The maximum Gasteiger partial charge on any atom is 0.0606 e. The van der Waals surface area contributed by atoms with E-state index < -0.39 is 0 Å². The van der Waals surface area contributed by atoms with Crippen LogP contribution in [-0.2, 0) is 0 Å². The summed E-state index contributed by atoms with van der Waals surface area (Å²) in [6, 6.07) is 6.45. The summed E-state index contributed by atoms with van der Waals surface area (Å²) < 4.78 is 0. The van der Waals surface area contributed by atoms with E-state index in [2.05, 4.69) is 49.6 Å². The summed E-state index contributed by atoms with van der Waals surface area (Å²) in [4.78, 5) is 2.11.